The molecule has 3 rings (SSSR count). The van der Waals surface area contributed by atoms with E-state index in [0.717, 1.165) is 27.1 Å². The van der Waals surface area contributed by atoms with E-state index in [0.29, 0.717) is 5.13 Å². The Morgan fingerprint density at radius 2 is 1.96 bits per heavy atom. The van der Waals surface area contributed by atoms with Crippen LogP contribution < -0.4 is 10.1 Å². The van der Waals surface area contributed by atoms with Gasteiger partial charge in [-0.3, -0.25) is 10.1 Å². The second-order valence-corrected chi connectivity index (χ2v) is 8.07. The van der Waals surface area contributed by atoms with Crippen molar-refractivity contribution < 1.29 is 9.53 Å². The van der Waals surface area contributed by atoms with E-state index in [-0.39, 0.29) is 12.5 Å². The maximum atomic E-state index is 12.1. The Bertz CT molecular complexity index is 906. The summed E-state index contributed by atoms with van der Waals surface area (Å²) in [6, 6.07) is 14.1. The molecule has 0 radical (unpaired) electrons. The second kappa shape index (κ2) is 8.47. The number of benzene rings is 2. The number of hydrogen-bond acceptors (Lipinski definition) is 4. The first-order chi connectivity index (χ1) is 12.5. The van der Waals surface area contributed by atoms with Crippen molar-refractivity contribution in [3.05, 3.63) is 74.7 Å². The predicted molar refractivity (Wildman–Crippen MR) is 109 cm³/mol. The van der Waals surface area contributed by atoms with Crippen molar-refractivity contribution in [3.8, 4) is 5.75 Å². The lowest BCUT2D eigenvalue weighted by Crippen LogP contribution is -2.20. The third kappa shape index (κ3) is 5.16. The fourth-order valence-corrected chi connectivity index (χ4v) is 3.64. The number of nitrogens with zero attached hydrogens (tertiary/aromatic N) is 1. The summed E-state index contributed by atoms with van der Waals surface area (Å²) in [6.07, 6.45) is 2.59. The summed E-state index contributed by atoms with van der Waals surface area (Å²) in [5.74, 6) is 0.510. The monoisotopic (exact) mass is 430 g/mol. The Labute approximate surface area is 165 Å². The van der Waals surface area contributed by atoms with Crippen molar-refractivity contribution in [2.45, 2.75) is 20.3 Å². The standard InChI is InChI=1S/C20H19BrN2O2S/c1-13-3-8-18(14(2)9-13)25-12-19(24)23-20-22-11-17(26-20)10-15-4-6-16(21)7-5-15/h3-9,11H,10,12H2,1-2H3,(H,22,23,24). The van der Waals surface area contributed by atoms with E-state index in [1.165, 1.54) is 22.5 Å². The van der Waals surface area contributed by atoms with Gasteiger partial charge in [-0.15, -0.1) is 11.3 Å². The molecule has 26 heavy (non-hydrogen) atoms. The summed E-state index contributed by atoms with van der Waals surface area (Å²) in [4.78, 5) is 17.5. The molecule has 0 bridgehead atoms. The van der Waals surface area contributed by atoms with Crippen LogP contribution in [0.3, 0.4) is 0 Å². The van der Waals surface area contributed by atoms with Gasteiger partial charge in [-0.2, -0.15) is 0 Å². The molecule has 0 saturated heterocycles. The largest absolute Gasteiger partial charge is 0.483 e. The minimum Gasteiger partial charge on any atom is -0.483 e. The van der Waals surface area contributed by atoms with Crippen LogP contribution in [0.5, 0.6) is 5.75 Å². The number of carbonyl (C=O) groups excluding carboxylic acids is 1. The predicted octanol–water partition coefficient (Wildman–Crippen LogP) is 5.13. The summed E-state index contributed by atoms with van der Waals surface area (Å²) in [6.45, 7) is 3.96. The van der Waals surface area contributed by atoms with Crippen LogP contribution in [0.1, 0.15) is 21.6 Å². The molecule has 0 atom stereocenters. The van der Waals surface area contributed by atoms with Gasteiger partial charge in [0.15, 0.2) is 11.7 Å². The molecule has 0 saturated carbocycles. The number of aromatic nitrogens is 1. The number of thiazole rings is 1. The molecule has 0 fully saturated rings. The van der Waals surface area contributed by atoms with Crippen LogP contribution in [0, 0.1) is 13.8 Å². The van der Waals surface area contributed by atoms with Gasteiger partial charge in [0.05, 0.1) is 0 Å². The molecule has 1 aromatic heterocycles. The molecule has 0 unspecified atom stereocenters. The van der Waals surface area contributed by atoms with E-state index in [1.54, 1.807) is 6.20 Å². The number of amides is 1. The molecule has 4 nitrogen and oxygen atoms in total. The number of halogens is 1. The minimum absolute atomic E-state index is 0.0362. The summed E-state index contributed by atoms with van der Waals surface area (Å²) in [5.41, 5.74) is 3.39. The van der Waals surface area contributed by atoms with E-state index in [9.17, 15) is 4.79 Å². The van der Waals surface area contributed by atoms with Crippen molar-refractivity contribution in [2.75, 3.05) is 11.9 Å². The Hall–Kier alpha value is -2.18. The van der Waals surface area contributed by atoms with Crippen molar-refractivity contribution in [3.63, 3.8) is 0 Å². The lowest BCUT2D eigenvalue weighted by Gasteiger charge is -2.09. The first kappa shape index (κ1) is 18.6. The van der Waals surface area contributed by atoms with Gasteiger partial charge in [-0.25, -0.2) is 4.98 Å². The van der Waals surface area contributed by atoms with Gasteiger partial charge in [-0.1, -0.05) is 45.8 Å². The maximum Gasteiger partial charge on any atom is 0.264 e. The highest BCUT2D eigenvalue weighted by Crippen LogP contribution is 2.22. The molecular formula is C20H19BrN2O2S. The number of aryl methyl sites for hydroxylation is 2. The van der Waals surface area contributed by atoms with E-state index in [1.807, 2.05) is 44.2 Å². The topological polar surface area (TPSA) is 51.2 Å². The normalized spacial score (nSPS) is 10.6. The molecule has 0 aliphatic rings. The van der Waals surface area contributed by atoms with Gasteiger partial charge in [0.1, 0.15) is 5.75 Å². The van der Waals surface area contributed by atoms with Gasteiger partial charge >= 0.3 is 0 Å². The van der Waals surface area contributed by atoms with Crippen LogP contribution >= 0.6 is 27.3 Å². The highest BCUT2D eigenvalue weighted by Gasteiger charge is 2.09. The Morgan fingerprint density at radius 1 is 1.19 bits per heavy atom. The molecule has 1 N–H and O–H groups in total. The summed E-state index contributed by atoms with van der Waals surface area (Å²) in [7, 11) is 0. The molecule has 1 heterocycles. The smallest absolute Gasteiger partial charge is 0.264 e. The number of rotatable bonds is 6. The van der Waals surface area contributed by atoms with Crippen LogP contribution in [0.4, 0.5) is 5.13 Å². The van der Waals surface area contributed by atoms with Crippen molar-refractivity contribution >= 4 is 38.3 Å². The summed E-state index contributed by atoms with van der Waals surface area (Å²) >= 11 is 4.91. The minimum atomic E-state index is -0.213. The molecule has 134 valence electrons. The van der Waals surface area contributed by atoms with E-state index < -0.39 is 0 Å². The van der Waals surface area contributed by atoms with Crippen LogP contribution in [0.2, 0.25) is 0 Å². The second-order valence-electron chi connectivity index (χ2n) is 6.04. The Morgan fingerprint density at radius 3 is 2.69 bits per heavy atom. The SMILES string of the molecule is Cc1ccc(OCC(=O)Nc2ncc(Cc3ccc(Br)cc3)s2)c(C)c1. The number of hydrogen-bond donors (Lipinski definition) is 1. The van der Waals surface area contributed by atoms with E-state index in [2.05, 4.69) is 38.4 Å². The highest BCUT2D eigenvalue weighted by atomic mass is 79.9. The summed E-state index contributed by atoms with van der Waals surface area (Å²) < 4.78 is 6.66. The van der Waals surface area contributed by atoms with E-state index >= 15 is 0 Å². The van der Waals surface area contributed by atoms with Crippen LogP contribution in [0.15, 0.2) is 53.1 Å². The zero-order valence-corrected chi connectivity index (χ0v) is 17.0. The number of ether oxygens (including phenoxy) is 1. The number of carbonyl (C=O) groups is 1. The van der Waals surface area contributed by atoms with Gasteiger partial charge in [-0.05, 0) is 43.2 Å². The molecule has 0 spiro atoms. The first-order valence-electron chi connectivity index (χ1n) is 8.18. The highest BCUT2D eigenvalue weighted by molar-refractivity contribution is 9.10. The molecule has 0 aliphatic heterocycles. The zero-order valence-electron chi connectivity index (χ0n) is 14.6. The third-order valence-electron chi connectivity index (χ3n) is 3.78. The average Bonchev–Trinajstić information content (AvgIpc) is 3.03. The quantitative estimate of drug-likeness (QED) is 0.589. The van der Waals surface area contributed by atoms with Gasteiger partial charge < -0.3 is 4.74 Å². The van der Waals surface area contributed by atoms with Crippen LogP contribution in [-0.4, -0.2) is 17.5 Å². The lowest BCUT2D eigenvalue weighted by molar-refractivity contribution is -0.118. The molecule has 3 aromatic rings. The molecular weight excluding hydrogens is 412 g/mol. The fourth-order valence-electron chi connectivity index (χ4n) is 2.51. The van der Waals surface area contributed by atoms with Crippen molar-refractivity contribution in [2.24, 2.45) is 0 Å². The van der Waals surface area contributed by atoms with Crippen molar-refractivity contribution in [1.29, 1.82) is 0 Å². The third-order valence-corrected chi connectivity index (χ3v) is 5.22. The molecule has 6 heteroatoms. The molecule has 1 amide bonds. The number of anilines is 1. The first-order valence-corrected chi connectivity index (χ1v) is 9.79. The van der Waals surface area contributed by atoms with Crippen LogP contribution in [-0.2, 0) is 11.2 Å². The zero-order chi connectivity index (χ0) is 18.5. The Balaban J connectivity index is 1.53. The molecule has 0 aliphatic carbocycles. The van der Waals surface area contributed by atoms with Crippen LogP contribution in [0.25, 0.3) is 0 Å². The fraction of sp³-hybridized carbons (Fsp3) is 0.200. The number of nitrogens with one attached hydrogen (secondary N) is 1. The average molecular weight is 431 g/mol. The van der Waals surface area contributed by atoms with Crippen molar-refractivity contribution in [1.82, 2.24) is 4.98 Å². The lowest BCUT2D eigenvalue weighted by atomic mass is 10.1. The maximum absolute atomic E-state index is 12.1. The molecule has 2 aromatic carbocycles. The van der Waals surface area contributed by atoms with E-state index in [4.69, 9.17) is 4.74 Å². The summed E-state index contributed by atoms with van der Waals surface area (Å²) in [5, 5.41) is 3.38. The van der Waals surface area contributed by atoms with Gasteiger partial charge in [0, 0.05) is 22.0 Å². The van der Waals surface area contributed by atoms with Gasteiger partial charge in [0.25, 0.3) is 5.91 Å². The Kier molecular flexibility index (Phi) is 6.06. The van der Waals surface area contributed by atoms with Gasteiger partial charge in [0.2, 0.25) is 0 Å².